The molecule has 17 nitrogen and oxygen atoms in total. The van der Waals surface area contributed by atoms with Crippen LogP contribution in [0.25, 0.3) is 0 Å². The van der Waals surface area contributed by atoms with Crippen molar-refractivity contribution in [1.29, 1.82) is 0 Å². The molecule has 0 saturated carbocycles. The number of phosphoric acid groups is 2. The summed E-state index contributed by atoms with van der Waals surface area (Å²) in [6, 6.07) is 0. The van der Waals surface area contributed by atoms with Crippen LogP contribution in [0.5, 0.6) is 0 Å². The van der Waals surface area contributed by atoms with Crippen LogP contribution in [0, 0.1) is 0 Å². The van der Waals surface area contributed by atoms with Crippen LogP contribution in [0.2, 0.25) is 0 Å². The summed E-state index contributed by atoms with van der Waals surface area (Å²) in [6.07, 6.45) is 92.6. The van der Waals surface area contributed by atoms with Crippen molar-refractivity contribution >= 4 is 39.5 Å². The minimum atomic E-state index is -5.01. The number of allylic oxidation sites excluding steroid dienone is 24. The predicted octanol–water partition coefficient (Wildman–Crippen LogP) is 25.0. The first kappa shape index (κ1) is 103. The van der Waals surface area contributed by atoms with Gasteiger partial charge in [-0.2, -0.15) is 0 Å². The van der Waals surface area contributed by atoms with Gasteiger partial charge >= 0.3 is 39.5 Å². The summed E-state index contributed by atoms with van der Waals surface area (Å²) in [5.41, 5.74) is 0. The highest BCUT2D eigenvalue weighted by Gasteiger charge is 2.30. The van der Waals surface area contributed by atoms with Crippen LogP contribution in [0.4, 0.5) is 0 Å². The minimum Gasteiger partial charge on any atom is -0.462 e. The van der Waals surface area contributed by atoms with Crippen molar-refractivity contribution in [3.8, 4) is 0 Å². The van der Waals surface area contributed by atoms with Crippen LogP contribution in [-0.2, 0) is 65.4 Å². The Labute approximate surface area is 656 Å². The van der Waals surface area contributed by atoms with Crippen molar-refractivity contribution in [1.82, 2.24) is 0 Å². The zero-order valence-electron chi connectivity index (χ0n) is 67.7. The van der Waals surface area contributed by atoms with Crippen molar-refractivity contribution < 1.29 is 80.2 Å². The van der Waals surface area contributed by atoms with Crippen molar-refractivity contribution in [2.45, 2.75) is 354 Å². The van der Waals surface area contributed by atoms with E-state index >= 15 is 0 Å². The van der Waals surface area contributed by atoms with E-state index in [1.54, 1.807) is 0 Å². The number of carbonyl (C=O) groups is 4. The fraction of sp³-hybridized carbons (Fsp3) is 0.685. The standard InChI is InChI=1S/C89H150O17P2/c1-5-9-13-17-21-25-29-33-37-39-41-43-47-50-54-58-62-66-70-74-87(92)100-80-85(106-89(94)76-72-68-64-60-56-52-48-44-42-40-38-34-30-26-22-18-14-10-6-2)82-104-108(97,98)102-78-83(90)77-101-107(95,96)103-81-84(105-88(93)75-71-67-63-59-55-51-46-36-32-28-24-20-16-12-8-4)79-99-86(91)73-69-65-61-57-53-49-45-35-31-27-23-19-15-11-7-3/h9-10,13-14,21-22,25-26,33-35,37-38,41-45,50,52,54,56,62,66,83-85,90H,5-8,11-12,15-20,23-24,27-32,36,39-40,46-49,51,53,55,57-61,63-65,67-82H2,1-4H3,(H,95,96)(H,97,98)/b13-9-,14-10-,25-21-,26-22-,37-33-,38-34-,43-41-,44-42-,45-35-,54-50-,56-52-,66-62-. The summed E-state index contributed by atoms with van der Waals surface area (Å²) in [5.74, 6) is -2.31. The van der Waals surface area contributed by atoms with Gasteiger partial charge in [0.2, 0.25) is 0 Å². The smallest absolute Gasteiger partial charge is 0.462 e. The molecule has 0 aliphatic carbocycles. The van der Waals surface area contributed by atoms with Gasteiger partial charge in [-0.05, 0) is 135 Å². The lowest BCUT2D eigenvalue weighted by molar-refractivity contribution is -0.161. The summed E-state index contributed by atoms with van der Waals surface area (Å²) in [4.78, 5) is 73.2. The Hall–Kier alpha value is -5.06. The predicted molar refractivity (Wildman–Crippen MR) is 445 cm³/mol. The molecule has 0 aliphatic heterocycles. The van der Waals surface area contributed by atoms with Crippen LogP contribution >= 0.6 is 15.6 Å². The molecule has 19 heteroatoms. The SMILES string of the molecule is CC/C=C\C/C=C\C/C=C\C/C=C\C/C=C\C/C=C\CCC(=O)OCC(COP(=O)(O)OCC(O)COP(=O)(O)OCC(COC(=O)CCCCCCC/C=C\CCCCCCCC)OC(=O)CCCCCCCCCCCCCCCCC)OC(=O)CCCCC/C=C\C/C=C\C/C=C\C/C=C\C/C=C\CC. The van der Waals surface area contributed by atoms with E-state index in [9.17, 15) is 43.2 Å². The Balaban J connectivity index is 5.48. The lowest BCUT2D eigenvalue weighted by Crippen LogP contribution is -2.30. The molecular weight excluding hydrogens is 1400 g/mol. The van der Waals surface area contributed by atoms with Gasteiger partial charge in [0, 0.05) is 25.7 Å². The third kappa shape index (κ3) is 79.0. The summed E-state index contributed by atoms with van der Waals surface area (Å²) >= 11 is 0. The lowest BCUT2D eigenvalue weighted by Gasteiger charge is -2.21. The average Bonchev–Trinajstić information content (AvgIpc) is 0.896. The molecule has 3 N–H and O–H groups in total. The van der Waals surface area contributed by atoms with Gasteiger partial charge in [-0.15, -0.1) is 0 Å². The topological polar surface area (TPSA) is 237 Å². The van der Waals surface area contributed by atoms with Crippen molar-refractivity contribution in [3.05, 3.63) is 146 Å². The summed E-state index contributed by atoms with van der Waals surface area (Å²) in [6.45, 7) is 4.55. The van der Waals surface area contributed by atoms with Gasteiger partial charge in [0.1, 0.15) is 19.3 Å². The van der Waals surface area contributed by atoms with E-state index in [2.05, 4.69) is 155 Å². The average molecular weight is 1550 g/mol. The molecule has 0 fully saturated rings. The Morgan fingerprint density at radius 1 is 0.269 bits per heavy atom. The highest BCUT2D eigenvalue weighted by atomic mass is 31.2. The second kappa shape index (κ2) is 80.0. The molecule has 108 heavy (non-hydrogen) atoms. The van der Waals surface area contributed by atoms with E-state index in [1.807, 2.05) is 18.2 Å². The minimum absolute atomic E-state index is 0.0242. The maximum Gasteiger partial charge on any atom is 0.472 e. The van der Waals surface area contributed by atoms with Crippen LogP contribution in [0.1, 0.15) is 336 Å². The van der Waals surface area contributed by atoms with Crippen LogP contribution in [0.15, 0.2) is 146 Å². The van der Waals surface area contributed by atoms with Crippen LogP contribution < -0.4 is 0 Å². The number of phosphoric ester groups is 2. The Morgan fingerprint density at radius 3 is 0.815 bits per heavy atom. The molecule has 618 valence electrons. The van der Waals surface area contributed by atoms with Gasteiger partial charge < -0.3 is 33.8 Å². The zero-order chi connectivity index (χ0) is 78.9. The van der Waals surface area contributed by atoms with Crippen LogP contribution in [-0.4, -0.2) is 96.7 Å². The van der Waals surface area contributed by atoms with Crippen molar-refractivity contribution in [2.24, 2.45) is 0 Å². The number of carbonyl (C=O) groups excluding carboxylic acids is 4. The number of aliphatic hydroxyl groups excluding tert-OH is 1. The molecule has 0 aromatic heterocycles. The fourth-order valence-corrected chi connectivity index (χ4v) is 12.6. The molecule has 0 bridgehead atoms. The third-order valence-electron chi connectivity index (χ3n) is 17.3. The van der Waals surface area contributed by atoms with E-state index < -0.39 is 97.5 Å². The Morgan fingerprint density at radius 2 is 0.500 bits per heavy atom. The van der Waals surface area contributed by atoms with E-state index in [-0.39, 0.29) is 25.7 Å². The van der Waals surface area contributed by atoms with Crippen molar-refractivity contribution in [3.63, 3.8) is 0 Å². The van der Waals surface area contributed by atoms with Gasteiger partial charge in [0.25, 0.3) is 0 Å². The Bertz CT molecular complexity index is 2610. The lowest BCUT2D eigenvalue weighted by atomic mass is 10.0. The Kier molecular flexibility index (Phi) is 76.3. The first-order chi connectivity index (χ1) is 52.7. The number of rotatable bonds is 78. The van der Waals surface area contributed by atoms with Crippen LogP contribution in [0.3, 0.4) is 0 Å². The maximum atomic E-state index is 13.1. The number of ether oxygens (including phenoxy) is 4. The van der Waals surface area contributed by atoms with E-state index in [1.165, 1.54) is 103 Å². The van der Waals surface area contributed by atoms with E-state index in [0.29, 0.717) is 32.1 Å². The second-order valence-electron chi connectivity index (χ2n) is 27.7. The zero-order valence-corrected chi connectivity index (χ0v) is 69.5. The molecule has 0 aliphatic rings. The van der Waals surface area contributed by atoms with Gasteiger partial charge in [0.15, 0.2) is 12.2 Å². The molecule has 0 aromatic carbocycles. The molecule has 0 spiro atoms. The number of aliphatic hydroxyl groups is 1. The fourth-order valence-electron chi connectivity index (χ4n) is 11.0. The largest absolute Gasteiger partial charge is 0.472 e. The number of hydrogen-bond acceptors (Lipinski definition) is 15. The number of esters is 4. The van der Waals surface area contributed by atoms with E-state index in [0.717, 1.165) is 148 Å². The van der Waals surface area contributed by atoms with Gasteiger partial charge in [0.05, 0.1) is 26.4 Å². The summed E-state index contributed by atoms with van der Waals surface area (Å²) in [7, 11) is -10.0. The maximum absolute atomic E-state index is 13.1. The highest BCUT2D eigenvalue weighted by Crippen LogP contribution is 2.45. The molecule has 0 saturated heterocycles. The quantitative estimate of drug-likeness (QED) is 0.0169. The third-order valence-corrected chi connectivity index (χ3v) is 19.2. The first-order valence-electron chi connectivity index (χ1n) is 42.1. The van der Waals surface area contributed by atoms with Gasteiger partial charge in [-0.25, -0.2) is 9.13 Å². The molecule has 0 rings (SSSR count). The molecule has 0 aromatic rings. The molecule has 5 atom stereocenters. The molecule has 5 unspecified atom stereocenters. The van der Waals surface area contributed by atoms with E-state index in [4.69, 9.17) is 37.0 Å². The molecule has 0 heterocycles. The molecule has 0 amide bonds. The second-order valence-corrected chi connectivity index (χ2v) is 30.6. The normalized spacial score (nSPS) is 14.5. The summed E-state index contributed by atoms with van der Waals surface area (Å²) in [5, 5.41) is 10.7. The van der Waals surface area contributed by atoms with Crippen molar-refractivity contribution in [2.75, 3.05) is 39.6 Å². The molecular formula is C89H150O17P2. The highest BCUT2D eigenvalue weighted by molar-refractivity contribution is 7.47. The first-order valence-corrected chi connectivity index (χ1v) is 45.1. The summed E-state index contributed by atoms with van der Waals surface area (Å²) < 4.78 is 68.7. The molecule has 0 radical (unpaired) electrons. The number of hydrogen-bond donors (Lipinski definition) is 3. The van der Waals surface area contributed by atoms with Gasteiger partial charge in [-0.3, -0.25) is 37.3 Å². The number of unbranched alkanes of at least 4 members (excludes halogenated alkanes) is 28. The monoisotopic (exact) mass is 1550 g/mol. The van der Waals surface area contributed by atoms with Gasteiger partial charge in [-0.1, -0.05) is 321 Å².